The van der Waals surface area contributed by atoms with Crippen LogP contribution in [-0.4, -0.2) is 52.8 Å². The topological polar surface area (TPSA) is 86.4 Å². The van der Waals surface area contributed by atoms with Crippen LogP contribution in [-0.2, 0) is 11.2 Å². The van der Waals surface area contributed by atoms with E-state index in [0.717, 1.165) is 6.42 Å². The minimum atomic E-state index is -3.06. The Bertz CT molecular complexity index is 976. The summed E-state index contributed by atoms with van der Waals surface area (Å²) in [4.78, 5) is 14.9. The zero-order valence-corrected chi connectivity index (χ0v) is 15.8. The van der Waals surface area contributed by atoms with Gasteiger partial charge in [-0.2, -0.15) is 8.78 Å². The van der Waals surface area contributed by atoms with Crippen LogP contribution in [0.1, 0.15) is 18.7 Å². The first-order valence-electron chi connectivity index (χ1n) is 9.63. The predicted molar refractivity (Wildman–Crippen MR) is 98.6 cm³/mol. The van der Waals surface area contributed by atoms with Crippen molar-refractivity contribution < 1.29 is 27.0 Å². The molecule has 2 saturated heterocycles. The fourth-order valence-corrected chi connectivity index (χ4v) is 4.05. The van der Waals surface area contributed by atoms with Crippen molar-refractivity contribution in [3.05, 3.63) is 24.2 Å². The van der Waals surface area contributed by atoms with Gasteiger partial charge in [0.25, 0.3) is 5.92 Å². The Morgan fingerprint density at radius 3 is 2.73 bits per heavy atom. The number of hydrogen-bond acceptors (Lipinski definition) is 7. The first-order valence-corrected chi connectivity index (χ1v) is 9.63. The number of halogens is 4. The van der Waals surface area contributed by atoms with Crippen molar-refractivity contribution in [2.75, 3.05) is 23.8 Å². The van der Waals surface area contributed by atoms with Gasteiger partial charge in [-0.1, -0.05) is 0 Å². The van der Waals surface area contributed by atoms with E-state index in [2.05, 4.69) is 24.6 Å². The molecule has 3 aliphatic rings. The molecule has 2 aromatic heterocycles. The lowest BCUT2D eigenvalue weighted by Crippen LogP contribution is -2.37. The van der Waals surface area contributed by atoms with E-state index >= 15 is 0 Å². The van der Waals surface area contributed by atoms with Crippen LogP contribution in [0.4, 0.5) is 29.2 Å². The number of rotatable bonds is 6. The van der Waals surface area contributed by atoms with E-state index in [1.54, 1.807) is 6.07 Å². The molecule has 0 radical (unpaired) electrons. The van der Waals surface area contributed by atoms with E-state index < -0.39 is 18.5 Å². The number of ether oxygens (including phenoxy) is 2. The van der Waals surface area contributed by atoms with Gasteiger partial charge in [0.2, 0.25) is 0 Å². The number of morpholine rings is 1. The van der Waals surface area contributed by atoms with Crippen molar-refractivity contribution in [3.63, 3.8) is 0 Å². The molecular weight excluding hydrogens is 406 g/mol. The molecule has 2 N–H and O–H groups in total. The molecule has 0 spiro atoms. The number of nitrogens with two attached hydrogens (primary N) is 1. The van der Waals surface area contributed by atoms with Gasteiger partial charge in [-0.15, -0.1) is 0 Å². The highest BCUT2D eigenvalue weighted by Crippen LogP contribution is 2.50. The Kier molecular flexibility index (Phi) is 4.46. The van der Waals surface area contributed by atoms with Crippen molar-refractivity contribution in [2.45, 2.75) is 43.9 Å². The maximum Gasteiger partial charge on any atom is 0.387 e. The molecule has 3 fully saturated rings. The van der Waals surface area contributed by atoms with Crippen LogP contribution in [0.3, 0.4) is 0 Å². The minimum Gasteiger partial charge on any atom is -0.431 e. The summed E-state index contributed by atoms with van der Waals surface area (Å²) >= 11 is 0. The summed E-state index contributed by atoms with van der Waals surface area (Å²) in [6, 6.07) is 3.18. The molecule has 2 aromatic rings. The van der Waals surface area contributed by atoms with Gasteiger partial charge in [-0.25, -0.2) is 23.7 Å². The Labute approximate surface area is 169 Å². The number of pyridine rings is 1. The fourth-order valence-electron chi connectivity index (χ4n) is 4.05. The predicted octanol–water partition coefficient (Wildman–Crippen LogP) is 2.90. The lowest BCUT2D eigenvalue weighted by molar-refractivity contribution is -0.0494. The van der Waals surface area contributed by atoms with Crippen molar-refractivity contribution >= 4 is 11.6 Å². The van der Waals surface area contributed by atoms with Crippen LogP contribution >= 0.6 is 0 Å². The second kappa shape index (κ2) is 6.93. The summed E-state index contributed by atoms with van der Waals surface area (Å²) in [6.45, 7) is -1.83. The quantitative estimate of drug-likeness (QED) is 0.713. The lowest BCUT2D eigenvalue weighted by atomic mass is 10.1. The maximum absolute atomic E-state index is 13.5. The molecule has 1 aliphatic carbocycles. The van der Waals surface area contributed by atoms with Gasteiger partial charge in [0.15, 0.2) is 11.6 Å². The summed E-state index contributed by atoms with van der Waals surface area (Å²) in [5.41, 5.74) is 6.38. The van der Waals surface area contributed by atoms with Crippen molar-refractivity contribution in [2.24, 2.45) is 5.92 Å². The number of hydrogen-bond donors (Lipinski definition) is 1. The van der Waals surface area contributed by atoms with E-state index in [0.29, 0.717) is 30.2 Å². The first-order chi connectivity index (χ1) is 14.3. The van der Waals surface area contributed by atoms with Gasteiger partial charge in [-0.05, 0) is 12.5 Å². The molecule has 2 bridgehead atoms. The molecule has 0 aromatic carbocycles. The molecular formula is C19H19F4N5O2. The Balaban J connectivity index is 1.51. The van der Waals surface area contributed by atoms with Crippen LogP contribution < -0.4 is 15.4 Å². The normalized spacial score (nSPS) is 26.4. The number of nitrogens with zero attached hydrogens (tertiary/aromatic N) is 4. The van der Waals surface area contributed by atoms with Crippen LogP contribution in [0.5, 0.6) is 5.75 Å². The van der Waals surface area contributed by atoms with E-state index in [-0.39, 0.29) is 42.4 Å². The van der Waals surface area contributed by atoms with Crippen molar-refractivity contribution in [3.8, 4) is 17.0 Å². The molecule has 1 unspecified atom stereocenters. The summed E-state index contributed by atoms with van der Waals surface area (Å²) in [5.74, 6) is -3.06. The number of fused-ring (bicyclic) bond motifs is 2. The third-order valence-corrected chi connectivity index (χ3v) is 5.73. The smallest absolute Gasteiger partial charge is 0.387 e. The summed E-state index contributed by atoms with van der Waals surface area (Å²) in [5, 5.41) is 0. The van der Waals surface area contributed by atoms with Crippen molar-refractivity contribution in [1.82, 2.24) is 15.0 Å². The average molecular weight is 425 g/mol. The van der Waals surface area contributed by atoms with Crippen LogP contribution in [0.2, 0.25) is 0 Å². The van der Waals surface area contributed by atoms with Gasteiger partial charge >= 0.3 is 6.61 Å². The van der Waals surface area contributed by atoms with Crippen molar-refractivity contribution in [1.29, 1.82) is 0 Å². The van der Waals surface area contributed by atoms with Crippen LogP contribution in [0, 0.1) is 5.92 Å². The molecule has 30 heavy (non-hydrogen) atoms. The van der Waals surface area contributed by atoms with Gasteiger partial charge in [-0.3, -0.25) is 0 Å². The van der Waals surface area contributed by atoms with Crippen LogP contribution in [0.25, 0.3) is 11.3 Å². The molecule has 160 valence electrons. The third kappa shape index (κ3) is 3.62. The number of alkyl halides is 4. The molecule has 4 heterocycles. The Hall–Kier alpha value is -2.69. The number of aromatic nitrogens is 3. The lowest BCUT2D eigenvalue weighted by Gasteiger charge is -2.28. The Morgan fingerprint density at radius 1 is 1.30 bits per heavy atom. The minimum absolute atomic E-state index is 0.0368. The molecule has 2 aliphatic heterocycles. The summed E-state index contributed by atoms with van der Waals surface area (Å²) < 4.78 is 62.3. The highest BCUT2D eigenvalue weighted by molar-refractivity contribution is 5.67. The molecule has 1 saturated carbocycles. The first kappa shape index (κ1) is 19.3. The molecule has 0 amide bonds. The van der Waals surface area contributed by atoms with Gasteiger partial charge in [0.1, 0.15) is 11.6 Å². The zero-order valence-electron chi connectivity index (χ0n) is 15.8. The maximum atomic E-state index is 13.5. The number of anilines is 2. The average Bonchev–Trinajstić information content (AvgIpc) is 3.06. The van der Waals surface area contributed by atoms with E-state index in [1.165, 1.54) is 12.3 Å². The van der Waals surface area contributed by atoms with Gasteiger partial charge in [0, 0.05) is 43.1 Å². The zero-order chi connectivity index (χ0) is 21.0. The highest BCUT2D eigenvalue weighted by atomic mass is 19.3. The number of nitrogen functional groups attached to an aromatic ring is 1. The molecule has 7 nitrogen and oxygen atoms in total. The summed E-state index contributed by atoms with van der Waals surface area (Å²) in [6.07, 6.45) is 2.23. The summed E-state index contributed by atoms with van der Waals surface area (Å²) in [7, 11) is 0. The Morgan fingerprint density at radius 2 is 2.10 bits per heavy atom. The third-order valence-electron chi connectivity index (χ3n) is 5.73. The monoisotopic (exact) mass is 425 g/mol. The molecule has 3 atom stereocenters. The fraction of sp³-hybridized carbons (Fsp3) is 0.526. The van der Waals surface area contributed by atoms with Gasteiger partial charge < -0.3 is 20.1 Å². The SMILES string of the molecule is Nc1ncc(-c2cc(N3C[C@@H]4C[C@H]3CO4)nc(CC3CC3(F)F)n2)cc1OC(F)F. The largest absolute Gasteiger partial charge is 0.431 e. The highest BCUT2D eigenvalue weighted by Gasteiger charge is 2.56. The standard InChI is InChI=1S/C19H19F4N5O2/c20-18(21)30-14-1-9(6-25-17(14)24)13-4-16(28-7-12-3-11(28)8-29-12)27-15(26-13)2-10-5-19(10,22)23/h1,4,6,10-12,18H,2-3,5,7-8H2,(H2,24,25)/t10?,11-,12-/m0/s1. The second-order valence-corrected chi connectivity index (χ2v) is 7.88. The van der Waals surface area contributed by atoms with Crippen LogP contribution in [0.15, 0.2) is 18.3 Å². The van der Waals surface area contributed by atoms with E-state index in [9.17, 15) is 17.6 Å². The van der Waals surface area contributed by atoms with E-state index in [4.69, 9.17) is 10.5 Å². The molecule has 11 heteroatoms. The second-order valence-electron chi connectivity index (χ2n) is 7.88. The molecule has 5 rings (SSSR count). The van der Waals surface area contributed by atoms with Gasteiger partial charge in [0.05, 0.1) is 24.4 Å². The van der Waals surface area contributed by atoms with E-state index in [1.807, 2.05) is 0 Å².